The van der Waals surface area contributed by atoms with Gasteiger partial charge in [0.2, 0.25) is 9.84 Å². The van der Waals surface area contributed by atoms with Crippen LogP contribution in [0.3, 0.4) is 0 Å². The summed E-state index contributed by atoms with van der Waals surface area (Å²) in [5.41, 5.74) is 1.78. The molecule has 1 N–H and O–H groups in total. The number of rotatable bonds is 5. The van der Waals surface area contributed by atoms with Crippen molar-refractivity contribution >= 4 is 21.4 Å². The Morgan fingerprint density at radius 1 is 0.750 bits per heavy atom. The second kappa shape index (κ2) is 8.77. The molecule has 0 aromatic heterocycles. The van der Waals surface area contributed by atoms with Crippen molar-refractivity contribution < 1.29 is 17.6 Å². The first kappa shape index (κ1) is 21.5. The molecule has 0 heterocycles. The summed E-state index contributed by atoms with van der Waals surface area (Å²) in [6.07, 6.45) is 0. The van der Waals surface area contributed by atoms with Gasteiger partial charge in [-0.2, -0.15) is 0 Å². The summed E-state index contributed by atoms with van der Waals surface area (Å²) in [6.45, 7) is 1.86. The molecule has 4 rings (SSSR count). The van der Waals surface area contributed by atoms with Crippen LogP contribution in [0.2, 0.25) is 0 Å². The molecule has 0 spiro atoms. The minimum absolute atomic E-state index is 0.0343. The van der Waals surface area contributed by atoms with Crippen molar-refractivity contribution in [1.82, 2.24) is 0 Å². The monoisotopic (exact) mass is 445 g/mol. The number of benzene rings is 4. The number of amides is 1. The summed E-state index contributed by atoms with van der Waals surface area (Å²) in [5.74, 6) is -1.01. The van der Waals surface area contributed by atoms with Crippen molar-refractivity contribution in [2.45, 2.75) is 16.7 Å². The quantitative estimate of drug-likeness (QED) is 0.417. The number of sulfone groups is 1. The van der Waals surface area contributed by atoms with E-state index in [-0.39, 0.29) is 26.6 Å². The summed E-state index contributed by atoms with van der Waals surface area (Å²) in [7, 11) is -3.99. The third kappa shape index (κ3) is 4.18. The first-order chi connectivity index (χ1) is 15.4. The van der Waals surface area contributed by atoms with Gasteiger partial charge in [-0.05, 0) is 43.3 Å². The summed E-state index contributed by atoms with van der Waals surface area (Å²) in [5, 5.41) is 2.72. The fourth-order valence-electron chi connectivity index (χ4n) is 3.41. The van der Waals surface area contributed by atoms with Crippen molar-refractivity contribution in [2.75, 3.05) is 5.32 Å². The molecule has 0 bridgehead atoms. The molecule has 0 unspecified atom stereocenters. The van der Waals surface area contributed by atoms with Crippen molar-refractivity contribution in [3.63, 3.8) is 0 Å². The molecule has 0 aliphatic rings. The van der Waals surface area contributed by atoms with E-state index in [1.165, 1.54) is 24.3 Å². The van der Waals surface area contributed by atoms with Gasteiger partial charge in [0.05, 0.1) is 15.5 Å². The lowest BCUT2D eigenvalue weighted by atomic mass is 10.0. The second-order valence-electron chi connectivity index (χ2n) is 7.30. The predicted octanol–water partition coefficient (Wildman–Crippen LogP) is 5.89. The first-order valence-corrected chi connectivity index (χ1v) is 11.4. The molecule has 6 heteroatoms. The van der Waals surface area contributed by atoms with Gasteiger partial charge in [-0.15, -0.1) is 0 Å². The molecule has 0 aliphatic heterocycles. The fourth-order valence-corrected chi connectivity index (χ4v) is 4.84. The van der Waals surface area contributed by atoms with E-state index in [1.54, 1.807) is 72.8 Å². The third-order valence-corrected chi connectivity index (χ3v) is 6.90. The van der Waals surface area contributed by atoms with E-state index in [1.807, 2.05) is 6.92 Å². The van der Waals surface area contributed by atoms with Gasteiger partial charge in [-0.1, -0.05) is 66.2 Å². The molecule has 0 aliphatic carbocycles. The second-order valence-corrected chi connectivity index (χ2v) is 9.21. The van der Waals surface area contributed by atoms with Gasteiger partial charge in [0.15, 0.2) is 0 Å². The zero-order chi connectivity index (χ0) is 22.7. The van der Waals surface area contributed by atoms with E-state index in [2.05, 4.69) is 5.32 Å². The van der Waals surface area contributed by atoms with Crippen LogP contribution in [0.4, 0.5) is 10.1 Å². The fraction of sp³-hybridized carbons (Fsp3) is 0.0385. The van der Waals surface area contributed by atoms with Gasteiger partial charge in [0, 0.05) is 16.7 Å². The molecule has 0 fully saturated rings. The van der Waals surface area contributed by atoms with Crippen LogP contribution >= 0.6 is 0 Å². The summed E-state index contributed by atoms with van der Waals surface area (Å²) >= 11 is 0. The largest absolute Gasteiger partial charge is 0.320 e. The molecule has 0 radical (unpaired) electrons. The molecule has 0 atom stereocenters. The minimum atomic E-state index is -3.99. The molecule has 1 amide bonds. The van der Waals surface area contributed by atoms with Crippen molar-refractivity contribution in [2.24, 2.45) is 0 Å². The molecular weight excluding hydrogens is 425 g/mol. The molecule has 0 saturated carbocycles. The molecule has 32 heavy (non-hydrogen) atoms. The Hall–Kier alpha value is -3.77. The number of anilines is 1. The van der Waals surface area contributed by atoms with Gasteiger partial charge >= 0.3 is 0 Å². The van der Waals surface area contributed by atoms with Crippen LogP contribution in [0.5, 0.6) is 0 Å². The summed E-state index contributed by atoms with van der Waals surface area (Å²) < 4.78 is 41.7. The van der Waals surface area contributed by atoms with E-state index in [0.717, 1.165) is 5.56 Å². The maximum Gasteiger partial charge on any atom is 0.255 e. The number of nitrogens with one attached hydrogen (secondary N) is 1. The van der Waals surface area contributed by atoms with Crippen LogP contribution in [-0.2, 0) is 9.84 Å². The van der Waals surface area contributed by atoms with E-state index < -0.39 is 21.6 Å². The number of carbonyl (C=O) groups is 1. The highest BCUT2D eigenvalue weighted by Gasteiger charge is 2.26. The van der Waals surface area contributed by atoms with Crippen molar-refractivity contribution in [1.29, 1.82) is 0 Å². The molecule has 4 aromatic rings. The molecular formula is C26H20FNO3S. The number of para-hydroxylation sites is 1. The van der Waals surface area contributed by atoms with Gasteiger partial charge in [0.1, 0.15) is 5.82 Å². The smallest absolute Gasteiger partial charge is 0.255 e. The van der Waals surface area contributed by atoms with Gasteiger partial charge in [-0.25, -0.2) is 12.8 Å². The lowest BCUT2D eigenvalue weighted by molar-refractivity contribution is 0.102. The molecule has 4 nitrogen and oxygen atoms in total. The van der Waals surface area contributed by atoms with Gasteiger partial charge in [0.25, 0.3) is 5.91 Å². The number of halogens is 1. The average molecular weight is 446 g/mol. The van der Waals surface area contributed by atoms with Crippen molar-refractivity contribution in [3.05, 3.63) is 114 Å². The van der Waals surface area contributed by atoms with Crippen LogP contribution in [0.15, 0.2) is 107 Å². The molecule has 4 aromatic carbocycles. The van der Waals surface area contributed by atoms with Crippen LogP contribution in [0.25, 0.3) is 11.1 Å². The first-order valence-electron chi connectivity index (χ1n) is 9.94. The standard InChI is InChI=1S/C26H20FNO3S/c1-18-14-16-20(17-15-18)32(30,31)24-13-7-11-22(21-10-5-6-12-23(21)27)25(24)28-26(29)19-8-3-2-4-9-19/h2-17H,1H3,(H,28,29). The Morgan fingerprint density at radius 3 is 2.06 bits per heavy atom. The summed E-state index contributed by atoms with van der Waals surface area (Å²) in [4.78, 5) is 12.9. The zero-order valence-electron chi connectivity index (χ0n) is 17.2. The molecule has 0 saturated heterocycles. The Morgan fingerprint density at radius 2 is 1.38 bits per heavy atom. The Balaban J connectivity index is 1.92. The number of hydrogen-bond acceptors (Lipinski definition) is 3. The van der Waals surface area contributed by atoms with E-state index >= 15 is 0 Å². The van der Waals surface area contributed by atoms with Crippen LogP contribution in [0, 0.1) is 12.7 Å². The maximum atomic E-state index is 14.6. The Bertz CT molecular complexity index is 1380. The lowest BCUT2D eigenvalue weighted by Crippen LogP contribution is -2.16. The third-order valence-electron chi connectivity index (χ3n) is 5.09. The highest BCUT2D eigenvalue weighted by atomic mass is 32.2. The predicted molar refractivity (Wildman–Crippen MR) is 123 cm³/mol. The SMILES string of the molecule is Cc1ccc(S(=O)(=O)c2cccc(-c3ccccc3F)c2NC(=O)c2ccccc2)cc1. The Labute approximate surface area is 186 Å². The lowest BCUT2D eigenvalue weighted by Gasteiger charge is -2.17. The normalized spacial score (nSPS) is 11.2. The van der Waals surface area contributed by atoms with Crippen molar-refractivity contribution in [3.8, 4) is 11.1 Å². The average Bonchev–Trinajstić information content (AvgIpc) is 2.80. The number of hydrogen-bond donors (Lipinski definition) is 1. The maximum absolute atomic E-state index is 14.6. The van der Waals surface area contributed by atoms with Crippen LogP contribution < -0.4 is 5.32 Å². The zero-order valence-corrected chi connectivity index (χ0v) is 18.1. The van der Waals surface area contributed by atoms with E-state index in [4.69, 9.17) is 0 Å². The molecule has 160 valence electrons. The minimum Gasteiger partial charge on any atom is -0.320 e. The van der Waals surface area contributed by atoms with E-state index in [0.29, 0.717) is 5.56 Å². The van der Waals surface area contributed by atoms with Gasteiger partial charge in [-0.3, -0.25) is 4.79 Å². The summed E-state index contributed by atoms with van der Waals surface area (Å²) in [6, 6.07) is 25.5. The van der Waals surface area contributed by atoms with Crippen LogP contribution in [0.1, 0.15) is 15.9 Å². The number of carbonyl (C=O) groups excluding carboxylic acids is 1. The topological polar surface area (TPSA) is 63.2 Å². The number of aryl methyl sites for hydroxylation is 1. The van der Waals surface area contributed by atoms with E-state index in [9.17, 15) is 17.6 Å². The Kier molecular flexibility index (Phi) is 5.88. The highest BCUT2D eigenvalue weighted by Crippen LogP contribution is 2.37. The van der Waals surface area contributed by atoms with Gasteiger partial charge < -0.3 is 5.32 Å². The highest BCUT2D eigenvalue weighted by molar-refractivity contribution is 7.91. The van der Waals surface area contributed by atoms with Crippen LogP contribution in [-0.4, -0.2) is 14.3 Å².